The maximum Gasteiger partial charge on any atom is 0.501 e. The first-order valence-electron chi connectivity index (χ1n) is 14.5. The normalized spacial score (nSPS) is 21.0. The summed E-state index contributed by atoms with van der Waals surface area (Å²) in [5, 5.41) is 10.5. The molecule has 4 N–H and O–H groups in total. The summed E-state index contributed by atoms with van der Waals surface area (Å²) in [7, 11) is -8.03. The zero-order valence-electron chi connectivity index (χ0n) is 24.9. The van der Waals surface area contributed by atoms with Gasteiger partial charge in [-0.25, -0.2) is 26.4 Å². The van der Waals surface area contributed by atoms with E-state index in [0.717, 1.165) is 30.7 Å². The maximum atomic E-state index is 15.2. The highest BCUT2D eigenvalue weighted by Crippen LogP contribution is 2.49. The molecule has 0 radical (unpaired) electrons. The molecule has 0 spiro atoms. The highest BCUT2D eigenvalue weighted by Gasteiger charge is 2.52. The number of carbonyl (C=O) groups excluding carboxylic acids is 2. The molecular weight excluding hydrogens is 666 g/mol. The molecule has 5 rings (SSSR count). The van der Waals surface area contributed by atoms with Crippen LogP contribution in [0.4, 0.5) is 23.2 Å². The second kappa shape index (κ2) is 12.9. The number of primary sulfonamides is 1. The Hall–Kier alpha value is -4.02. The Morgan fingerprint density at radius 3 is 2.30 bits per heavy atom. The van der Waals surface area contributed by atoms with Gasteiger partial charge in [0.25, 0.3) is 15.7 Å². The number of hydrogen-bond acceptors (Lipinski definition) is 7. The van der Waals surface area contributed by atoms with Crippen LogP contribution in [0.3, 0.4) is 0 Å². The van der Waals surface area contributed by atoms with Gasteiger partial charge in [-0.05, 0) is 72.9 Å². The van der Waals surface area contributed by atoms with E-state index in [1.807, 2.05) is 0 Å². The van der Waals surface area contributed by atoms with E-state index in [-0.39, 0.29) is 46.6 Å². The van der Waals surface area contributed by atoms with Gasteiger partial charge in [0, 0.05) is 23.4 Å². The van der Waals surface area contributed by atoms with Crippen molar-refractivity contribution < 1.29 is 48.7 Å². The lowest BCUT2D eigenvalue weighted by atomic mass is 9.83. The lowest BCUT2D eigenvalue weighted by Gasteiger charge is -2.31. The molecule has 4 atom stereocenters. The summed E-state index contributed by atoms with van der Waals surface area (Å²) >= 11 is 0. The van der Waals surface area contributed by atoms with Gasteiger partial charge >= 0.3 is 5.51 Å². The molecule has 0 saturated heterocycles. The third-order valence-electron chi connectivity index (χ3n) is 8.71. The number of fused-ring (bicyclic) bond motifs is 2. The van der Waals surface area contributed by atoms with Crippen molar-refractivity contribution in [2.75, 3.05) is 18.2 Å². The van der Waals surface area contributed by atoms with Crippen molar-refractivity contribution in [2.24, 2.45) is 22.9 Å². The van der Waals surface area contributed by atoms with Crippen molar-refractivity contribution >= 4 is 37.4 Å². The number of halogens is 4. The quantitative estimate of drug-likeness (QED) is 0.265. The molecule has 0 heterocycles. The SMILES string of the molecule is COc1cc(F)c(-c2ccc(CCS(N)(=O)=O)cc2)cc1C(=O)N[C@@H]1[C@@H]2CC[C@@H](C2)[C@@H]1C(=O)Nc1cccc(S(=O)(=O)C(F)(F)F)c1. The van der Waals surface area contributed by atoms with Crippen LogP contribution >= 0.6 is 0 Å². The molecule has 0 aromatic heterocycles. The van der Waals surface area contributed by atoms with Gasteiger partial charge in [0.2, 0.25) is 15.9 Å². The molecule has 2 amide bonds. The minimum Gasteiger partial charge on any atom is -0.496 e. The Labute approximate surface area is 268 Å². The monoisotopic (exact) mass is 697 g/mol. The standard InChI is InChI=1S/C31H31F4N3O7S2/c1-45-26-16-25(32)23(18-7-5-17(6-8-18)11-12-46(36,41)42)15-24(26)29(39)38-28-20-10-9-19(13-20)27(28)30(40)37-21-3-2-4-22(14-21)47(43,44)31(33,34)35/h2-8,14-16,19-20,27-28H,9-13H2,1H3,(H,37,40)(H,38,39)(H2,36,41,42)/t19-,20+,27-,28+/m0/s1. The van der Waals surface area contributed by atoms with Gasteiger partial charge < -0.3 is 15.4 Å². The Morgan fingerprint density at radius 1 is 0.979 bits per heavy atom. The zero-order chi connectivity index (χ0) is 34.3. The van der Waals surface area contributed by atoms with E-state index in [1.54, 1.807) is 24.3 Å². The summed E-state index contributed by atoms with van der Waals surface area (Å²) in [5.74, 6) is -3.19. The lowest BCUT2D eigenvalue weighted by molar-refractivity contribution is -0.122. The number of aryl methyl sites for hydroxylation is 1. The van der Waals surface area contributed by atoms with Gasteiger partial charge in [-0.1, -0.05) is 30.3 Å². The highest BCUT2D eigenvalue weighted by molar-refractivity contribution is 7.92. The number of carbonyl (C=O) groups is 2. The second-order valence-corrected chi connectivity index (χ2v) is 15.3. The number of sulfonamides is 1. The van der Waals surface area contributed by atoms with Gasteiger partial charge in [0.05, 0.1) is 29.2 Å². The third kappa shape index (κ3) is 7.28. The van der Waals surface area contributed by atoms with Crippen molar-refractivity contribution in [1.82, 2.24) is 5.32 Å². The van der Waals surface area contributed by atoms with E-state index < -0.39 is 59.9 Å². The summed E-state index contributed by atoms with van der Waals surface area (Å²) in [4.78, 5) is 26.1. The van der Waals surface area contributed by atoms with Crippen LogP contribution in [-0.4, -0.2) is 53.1 Å². The predicted molar refractivity (Wildman–Crippen MR) is 164 cm³/mol. The Morgan fingerprint density at radius 2 is 1.66 bits per heavy atom. The number of rotatable bonds is 10. The third-order valence-corrected chi connectivity index (χ3v) is 11.0. The molecule has 2 saturated carbocycles. The molecule has 2 bridgehead atoms. The molecule has 10 nitrogen and oxygen atoms in total. The van der Waals surface area contributed by atoms with Crippen molar-refractivity contribution in [3.8, 4) is 16.9 Å². The summed E-state index contributed by atoms with van der Waals surface area (Å²) in [6.07, 6.45) is 2.19. The van der Waals surface area contributed by atoms with E-state index in [2.05, 4.69) is 10.6 Å². The van der Waals surface area contributed by atoms with Crippen LogP contribution in [-0.2, 0) is 31.1 Å². The van der Waals surface area contributed by atoms with E-state index >= 15 is 4.39 Å². The van der Waals surface area contributed by atoms with Crippen LogP contribution in [0.25, 0.3) is 11.1 Å². The van der Waals surface area contributed by atoms with E-state index in [9.17, 15) is 39.6 Å². The molecule has 0 aliphatic heterocycles. The molecule has 3 aromatic rings. The highest BCUT2D eigenvalue weighted by atomic mass is 32.2. The average Bonchev–Trinajstić information content (AvgIpc) is 3.61. The van der Waals surface area contributed by atoms with Gasteiger partial charge in [-0.3, -0.25) is 9.59 Å². The molecule has 0 unspecified atom stereocenters. The Bertz CT molecular complexity index is 1920. The number of amides is 2. The van der Waals surface area contributed by atoms with E-state index in [4.69, 9.17) is 9.88 Å². The second-order valence-electron chi connectivity index (χ2n) is 11.7. The number of ether oxygens (including phenoxy) is 1. The fraction of sp³-hybridized carbons (Fsp3) is 0.355. The number of anilines is 1. The van der Waals surface area contributed by atoms with Gasteiger partial charge in [-0.15, -0.1) is 0 Å². The number of alkyl halides is 3. The molecule has 3 aromatic carbocycles. The molecule has 47 heavy (non-hydrogen) atoms. The number of hydrogen-bond donors (Lipinski definition) is 3. The number of benzene rings is 3. The first kappa shape index (κ1) is 34.3. The van der Waals surface area contributed by atoms with Crippen LogP contribution in [0.15, 0.2) is 65.6 Å². The van der Waals surface area contributed by atoms with Crippen molar-refractivity contribution in [3.63, 3.8) is 0 Å². The number of nitrogens with one attached hydrogen (secondary N) is 2. The smallest absolute Gasteiger partial charge is 0.496 e. The van der Waals surface area contributed by atoms with Gasteiger partial charge in [0.15, 0.2) is 0 Å². The van der Waals surface area contributed by atoms with Crippen molar-refractivity contribution in [2.45, 2.75) is 42.1 Å². The fourth-order valence-corrected chi connectivity index (χ4v) is 7.77. The van der Waals surface area contributed by atoms with Crippen LogP contribution in [0.5, 0.6) is 5.75 Å². The summed E-state index contributed by atoms with van der Waals surface area (Å²) < 4.78 is 106. The van der Waals surface area contributed by atoms with Crippen LogP contribution in [0, 0.1) is 23.6 Å². The largest absolute Gasteiger partial charge is 0.501 e. The number of nitrogens with two attached hydrogens (primary N) is 1. The topological polar surface area (TPSA) is 162 Å². The van der Waals surface area contributed by atoms with Crippen molar-refractivity contribution in [3.05, 3.63) is 77.6 Å². The number of sulfone groups is 1. The first-order chi connectivity index (χ1) is 22.0. The first-order valence-corrected chi connectivity index (χ1v) is 17.7. The van der Waals surface area contributed by atoms with Gasteiger partial charge in [0.1, 0.15) is 11.6 Å². The summed E-state index contributed by atoms with van der Waals surface area (Å²) in [5.41, 5.74) is -4.53. The minimum absolute atomic E-state index is 0.00538. The van der Waals surface area contributed by atoms with E-state index in [1.165, 1.54) is 19.2 Å². The summed E-state index contributed by atoms with van der Waals surface area (Å²) in [6, 6.07) is 12.0. The van der Waals surface area contributed by atoms with Crippen LogP contribution in [0.1, 0.15) is 35.2 Å². The lowest BCUT2D eigenvalue weighted by Crippen LogP contribution is -2.48. The zero-order valence-corrected chi connectivity index (χ0v) is 26.5. The average molecular weight is 698 g/mol. The Kier molecular flexibility index (Phi) is 9.41. The predicted octanol–water partition coefficient (Wildman–Crippen LogP) is 4.41. The van der Waals surface area contributed by atoms with Gasteiger partial charge in [-0.2, -0.15) is 13.2 Å². The maximum absolute atomic E-state index is 15.2. The van der Waals surface area contributed by atoms with Crippen LogP contribution < -0.4 is 20.5 Å². The summed E-state index contributed by atoms with van der Waals surface area (Å²) in [6.45, 7) is 0. The Balaban J connectivity index is 1.37. The number of methoxy groups -OCH3 is 1. The molecular formula is C31H31F4N3O7S2. The molecule has 252 valence electrons. The van der Waals surface area contributed by atoms with E-state index in [0.29, 0.717) is 24.0 Å². The molecule has 2 aliphatic carbocycles. The molecule has 2 aliphatic rings. The minimum atomic E-state index is -5.64. The van der Waals surface area contributed by atoms with Crippen molar-refractivity contribution in [1.29, 1.82) is 0 Å². The fourth-order valence-electron chi connectivity index (χ4n) is 6.44. The molecule has 16 heteroatoms. The molecule has 2 fully saturated rings. The van der Waals surface area contributed by atoms with Crippen LogP contribution in [0.2, 0.25) is 0 Å².